The molecule has 284 valence electrons. The van der Waals surface area contributed by atoms with Crippen LogP contribution in [0.25, 0.3) is 0 Å². The molecule has 0 amide bonds. The minimum absolute atomic E-state index is 0.0275. The molecule has 0 aromatic heterocycles. The molecule has 0 saturated heterocycles. The summed E-state index contributed by atoms with van der Waals surface area (Å²) in [5, 5.41) is 0. The van der Waals surface area contributed by atoms with Crippen molar-refractivity contribution >= 4 is 30.4 Å². The fourth-order valence-corrected chi connectivity index (χ4v) is 11.0. The van der Waals surface area contributed by atoms with Gasteiger partial charge in [-0.25, -0.2) is 8.78 Å². The molecular weight excluding hydrogens is 749 g/mol. The van der Waals surface area contributed by atoms with Crippen molar-refractivity contribution in [3.05, 3.63) is 76.4 Å². The van der Waals surface area contributed by atoms with E-state index in [1.54, 1.807) is 0 Å². The zero-order valence-corrected chi connectivity index (χ0v) is 30.7. The van der Waals surface area contributed by atoms with E-state index in [1.807, 2.05) is 0 Å². The Morgan fingerprint density at radius 3 is 1.37 bits per heavy atom. The number of halogens is 4. The van der Waals surface area contributed by atoms with Crippen molar-refractivity contribution in [1.29, 1.82) is 0 Å². The van der Waals surface area contributed by atoms with Crippen molar-refractivity contribution < 1.29 is 55.7 Å². The summed E-state index contributed by atoms with van der Waals surface area (Å²) in [6.07, 6.45) is 15.0. The van der Waals surface area contributed by atoms with Crippen molar-refractivity contribution in [3.63, 3.8) is 0 Å². The summed E-state index contributed by atoms with van der Waals surface area (Å²) in [4.78, 5) is -3.01. The van der Waals surface area contributed by atoms with Gasteiger partial charge in [0, 0.05) is 0 Å². The lowest BCUT2D eigenvalue weighted by atomic mass is 9.76. The first-order chi connectivity index (χ1) is 24.6. The van der Waals surface area contributed by atoms with E-state index in [0.29, 0.717) is 5.92 Å². The quantitative estimate of drug-likeness (QED) is 0.0922. The molecule has 3 saturated carbocycles. The van der Waals surface area contributed by atoms with E-state index in [-0.39, 0.29) is 22.5 Å². The Hall–Kier alpha value is -3.21. The molecule has 6 rings (SSSR count). The molecule has 3 aromatic rings. The van der Waals surface area contributed by atoms with Gasteiger partial charge in [-0.05, 0) is 97.2 Å². The molecule has 0 aliphatic heterocycles. The highest BCUT2D eigenvalue weighted by molar-refractivity contribution is 7.87. The SMILES string of the molecule is O=S(=O)(O)c1c(F)c(F)c(OS(=O)(=O)c2ccc(OS(=O)(=O)c3c(C4CCCCC4)cc(C4CCCCC4)cc3C3CCCCC3)cc2)c(F)c1F. The largest absolute Gasteiger partial charge is 0.379 e. The molecule has 0 spiro atoms. The van der Waals surface area contributed by atoms with Crippen molar-refractivity contribution in [3.8, 4) is 11.5 Å². The average molecular weight is 789 g/mol. The van der Waals surface area contributed by atoms with Gasteiger partial charge in [0.2, 0.25) is 17.4 Å². The highest BCUT2D eigenvalue weighted by atomic mass is 32.2. The molecule has 3 fully saturated rings. The lowest BCUT2D eigenvalue weighted by molar-refractivity contribution is 0.365. The van der Waals surface area contributed by atoms with Crippen molar-refractivity contribution in [2.75, 3.05) is 0 Å². The topological polar surface area (TPSA) is 141 Å². The van der Waals surface area contributed by atoms with Crippen molar-refractivity contribution in [2.45, 2.75) is 129 Å². The zero-order valence-electron chi connectivity index (χ0n) is 28.3. The van der Waals surface area contributed by atoms with E-state index >= 15 is 0 Å². The monoisotopic (exact) mass is 788 g/mol. The van der Waals surface area contributed by atoms with E-state index in [4.69, 9.17) is 8.74 Å². The summed E-state index contributed by atoms with van der Waals surface area (Å²) < 4.78 is 154. The molecule has 0 atom stereocenters. The fourth-order valence-electron chi connectivity index (χ4n) is 7.97. The maximum absolute atomic E-state index is 14.5. The van der Waals surface area contributed by atoms with Gasteiger partial charge in [0.15, 0.2) is 16.5 Å². The number of rotatable bonds is 10. The second-order valence-corrected chi connectivity index (χ2v) is 18.4. The zero-order chi connectivity index (χ0) is 37.4. The normalized spacial score (nSPS) is 18.7. The van der Waals surface area contributed by atoms with Crippen LogP contribution in [0.2, 0.25) is 0 Å². The molecule has 16 heteroatoms. The minimum atomic E-state index is -5.79. The van der Waals surface area contributed by atoms with Crippen molar-refractivity contribution in [2.24, 2.45) is 0 Å². The number of benzene rings is 3. The van der Waals surface area contributed by atoms with Crippen LogP contribution in [-0.2, 0) is 30.4 Å². The summed E-state index contributed by atoms with van der Waals surface area (Å²) in [6.45, 7) is 0. The second kappa shape index (κ2) is 15.3. The standard InChI is InChI=1S/C36H40F4O9S3/c37-30-32(39)36(50(41,42)43)33(40)31(38)34(30)49-51(44,45)27-18-16-26(17-19-27)48-52(46,47)35-28(23-12-6-2-7-13-23)20-25(22-10-4-1-5-11-22)21-29(35)24-14-8-3-9-15-24/h16-24H,1-15H2,(H,41,42,43). The van der Waals surface area contributed by atoms with E-state index in [1.165, 1.54) is 12.0 Å². The first-order valence-electron chi connectivity index (χ1n) is 17.6. The first kappa shape index (κ1) is 38.5. The predicted molar refractivity (Wildman–Crippen MR) is 182 cm³/mol. The third kappa shape index (κ3) is 7.99. The van der Waals surface area contributed by atoms with Gasteiger partial charge in [0.1, 0.15) is 15.5 Å². The van der Waals surface area contributed by atoms with Crippen LogP contribution in [0.15, 0.2) is 51.1 Å². The van der Waals surface area contributed by atoms with Gasteiger partial charge in [-0.1, -0.05) is 69.9 Å². The third-order valence-corrected chi connectivity index (χ3v) is 14.0. The molecule has 0 heterocycles. The molecule has 0 unspecified atom stereocenters. The van der Waals surface area contributed by atoms with Gasteiger partial charge < -0.3 is 8.37 Å². The second-order valence-electron chi connectivity index (χ2n) is 14.0. The highest BCUT2D eigenvalue weighted by Crippen LogP contribution is 2.46. The van der Waals surface area contributed by atoms with Gasteiger partial charge in [-0.15, -0.1) is 0 Å². The van der Waals surface area contributed by atoms with Crippen LogP contribution >= 0.6 is 0 Å². The average Bonchev–Trinajstić information content (AvgIpc) is 3.12. The van der Waals surface area contributed by atoms with Crippen LogP contribution in [0.1, 0.15) is 131 Å². The molecule has 9 nitrogen and oxygen atoms in total. The first-order valence-corrected chi connectivity index (χ1v) is 21.8. The Labute approximate surface area is 301 Å². The Kier molecular flexibility index (Phi) is 11.3. The van der Waals surface area contributed by atoms with E-state index in [0.717, 1.165) is 125 Å². The van der Waals surface area contributed by atoms with Gasteiger partial charge >= 0.3 is 30.4 Å². The van der Waals surface area contributed by atoms with Crippen LogP contribution in [0.4, 0.5) is 17.6 Å². The lowest BCUT2D eigenvalue weighted by Crippen LogP contribution is -2.21. The summed E-state index contributed by atoms with van der Waals surface area (Å²) >= 11 is 0. The molecule has 0 bridgehead atoms. The Balaban J connectivity index is 1.34. The minimum Gasteiger partial charge on any atom is -0.379 e. The Morgan fingerprint density at radius 1 is 0.519 bits per heavy atom. The smallest absolute Gasteiger partial charge is 0.339 e. The van der Waals surface area contributed by atoms with E-state index in [9.17, 15) is 42.8 Å². The van der Waals surface area contributed by atoms with Crippen molar-refractivity contribution in [1.82, 2.24) is 0 Å². The van der Waals surface area contributed by atoms with Crippen LogP contribution in [-0.4, -0.2) is 29.8 Å². The van der Waals surface area contributed by atoms with Crippen LogP contribution < -0.4 is 8.37 Å². The maximum atomic E-state index is 14.5. The van der Waals surface area contributed by atoms with Gasteiger partial charge in [0.05, 0.1) is 0 Å². The molecule has 3 aliphatic carbocycles. The fraction of sp³-hybridized carbons (Fsp3) is 0.500. The van der Waals surface area contributed by atoms with Crippen LogP contribution in [0, 0.1) is 23.3 Å². The predicted octanol–water partition coefficient (Wildman–Crippen LogP) is 9.17. The van der Waals surface area contributed by atoms with Crippen LogP contribution in [0.3, 0.4) is 0 Å². The molecular formula is C36H40F4O9S3. The van der Waals surface area contributed by atoms with Crippen LogP contribution in [0.5, 0.6) is 11.5 Å². The van der Waals surface area contributed by atoms with Gasteiger partial charge in [0.25, 0.3) is 0 Å². The molecule has 1 N–H and O–H groups in total. The van der Waals surface area contributed by atoms with Gasteiger partial charge in [-0.2, -0.15) is 34.0 Å². The Bertz CT molecular complexity index is 2070. The maximum Gasteiger partial charge on any atom is 0.339 e. The molecule has 0 radical (unpaired) electrons. The van der Waals surface area contributed by atoms with E-state index < -0.39 is 69.2 Å². The molecule has 3 aromatic carbocycles. The number of hydrogen-bond donors (Lipinski definition) is 1. The number of hydrogen-bond acceptors (Lipinski definition) is 8. The molecule has 52 heavy (non-hydrogen) atoms. The summed E-state index contributed by atoms with van der Waals surface area (Å²) in [5.41, 5.74) is 2.70. The summed E-state index contributed by atoms with van der Waals surface area (Å²) in [5.74, 6) is -12.3. The summed E-state index contributed by atoms with van der Waals surface area (Å²) in [6, 6.07) is 7.75. The lowest BCUT2D eigenvalue weighted by Gasteiger charge is -2.32. The van der Waals surface area contributed by atoms with E-state index in [2.05, 4.69) is 16.3 Å². The molecule has 3 aliphatic rings. The highest BCUT2D eigenvalue weighted by Gasteiger charge is 2.37. The Morgan fingerprint density at radius 2 is 0.942 bits per heavy atom. The van der Waals surface area contributed by atoms with Gasteiger partial charge in [-0.3, -0.25) is 4.55 Å². The summed E-state index contributed by atoms with van der Waals surface area (Å²) in [7, 11) is -15.5. The third-order valence-electron chi connectivity index (χ3n) is 10.5.